The van der Waals surface area contributed by atoms with E-state index in [1.807, 2.05) is 6.07 Å². The largest absolute Gasteiger partial charge is 0.399 e. The Hall–Kier alpha value is -1.18. The van der Waals surface area contributed by atoms with Gasteiger partial charge in [-0.1, -0.05) is 19.9 Å². The van der Waals surface area contributed by atoms with E-state index in [2.05, 4.69) is 30.9 Å². The van der Waals surface area contributed by atoms with Gasteiger partial charge in [-0.05, 0) is 36.5 Å². The minimum Gasteiger partial charge on any atom is -0.399 e. The van der Waals surface area contributed by atoms with Crippen LogP contribution >= 0.6 is 0 Å². The molecule has 1 heterocycles. The number of hydrogen-bond acceptors (Lipinski definition) is 2. The van der Waals surface area contributed by atoms with Crippen LogP contribution in [0, 0.1) is 5.92 Å². The fraction of sp³-hybridized carbons (Fsp3) is 0.538. The molecule has 0 aliphatic carbocycles. The van der Waals surface area contributed by atoms with E-state index in [0.717, 1.165) is 24.7 Å². The smallest absolute Gasteiger partial charge is 0.0420 e. The Morgan fingerprint density at radius 1 is 1.40 bits per heavy atom. The van der Waals surface area contributed by atoms with E-state index in [9.17, 15) is 0 Å². The molecule has 0 unspecified atom stereocenters. The van der Waals surface area contributed by atoms with Gasteiger partial charge in [0.05, 0.1) is 0 Å². The number of nitrogen functional groups attached to an aromatic ring is 1. The van der Waals surface area contributed by atoms with Crippen molar-refractivity contribution in [3.8, 4) is 0 Å². The maximum absolute atomic E-state index is 5.82. The highest BCUT2D eigenvalue weighted by Crippen LogP contribution is 2.30. The number of fused-ring (bicyclic) bond motifs is 1. The lowest BCUT2D eigenvalue weighted by atomic mass is 10.1. The van der Waals surface area contributed by atoms with Crippen LogP contribution in [-0.4, -0.2) is 13.1 Å². The molecule has 0 radical (unpaired) electrons. The first kappa shape index (κ1) is 10.3. The van der Waals surface area contributed by atoms with Crippen molar-refractivity contribution in [2.75, 3.05) is 23.7 Å². The second-order valence-corrected chi connectivity index (χ2v) is 4.81. The summed E-state index contributed by atoms with van der Waals surface area (Å²) in [5.41, 5.74) is 9.51. The highest BCUT2D eigenvalue weighted by molar-refractivity contribution is 5.64. The minimum atomic E-state index is 0.773. The number of nitrogens with zero attached hydrogens (tertiary/aromatic N) is 1. The van der Waals surface area contributed by atoms with Gasteiger partial charge in [-0.25, -0.2) is 0 Å². The number of anilines is 2. The normalized spacial score (nSPS) is 14.7. The molecule has 0 amide bonds. The van der Waals surface area contributed by atoms with Gasteiger partial charge in [0.1, 0.15) is 0 Å². The van der Waals surface area contributed by atoms with Crippen molar-refractivity contribution in [1.29, 1.82) is 0 Å². The summed E-state index contributed by atoms with van der Waals surface area (Å²) >= 11 is 0. The summed E-state index contributed by atoms with van der Waals surface area (Å²) in [5.74, 6) is 0.773. The summed E-state index contributed by atoms with van der Waals surface area (Å²) in [5, 5.41) is 0. The highest BCUT2D eigenvalue weighted by atomic mass is 15.1. The number of hydrogen-bond donors (Lipinski definition) is 1. The quantitative estimate of drug-likeness (QED) is 0.767. The van der Waals surface area contributed by atoms with E-state index in [4.69, 9.17) is 5.73 Å². The lowest BCUT2D eigenvalue weighted by molar-refractivity contribution is 0.578. The summed E-state index contributed by atoms with van der Waals surface area (Å²) < 4.78 is 0. The molecule has 0 saturated heterocycles. The third-order valence-corrected chi connectivity index (χ3v) is 3.08. The lowest BCUT2D eigenvalue weighted by Crippen LogP contribution is -2.22. The standard InChI is InChI=1S/C13H20N2/c1-10(2)5-7-15-8-6-11-3-4-12(14)9-13(11)15/h3-4,9-10H,5-8,14H2,1-2H3. The van der Waals surface area contributed by atoms with Crippen LogP contribution in [0.25, 0.3) is 0 Å². The molecular weight excluding hydrogens is 184 g/mol. The third-order valence-electron chi connectivity index (χ3n) is 3.08. The van der Waals surface area contributed by atoms with Gasteiger partial charge < -0.3 is 10.6 Å². The van der Waals surface area contributed by atoms with Crippen LogP contribution in [0.3, 0.4) is 0 Å². The maximum atomic E-state index is 5.82. The first-order valence-electron chi connectivity index (χ1n) is 5.80. The van der Waals surface area contributed by atoms with Gasteiger partial charge in [-0.15, -0.1) is 0 Å². The molecule has 2 nitrogen and oxygen atoms in total. The monoisotopic (exact) mass is 204 g/mol. The summed E-state index contributed by atoms with van der Waals surface area (Å²) in [6, 6.07) is 6.29. The van der Waals surface area contributed by atoms with Gasteiger partial charge >= 0.3 is 0 Å². The van der Waals surface area contributed by atoms with Crippen LogP contribution in [0.5, 0.6) is 0 Å². The predicted octanol–water partition coefficient (Wildman–Crippen LogP) is 2.68. The molecule has 2 N–H and O–H groups in total. The minimum absolute atomic E-state index is 0.773. The van der Waals surface area contributed by atoms with E-state index < -0.39 is 0 Å². The molecule has 82 valence electrons. The Balaban J connectivity index is 2.10. The molecule has 0 aromatic heterocycles. The molecule has 0 spiro atoms. The van der Waals surface area contributed by atoms with Crippen LogP contribution < -0.4 is 10.6 Å². The van der Waals surface area contributed by atoms with Crippen LogP contribution in [0.1, 0.15) is 25.8 Å². The van der Waals surface area contributed by atoms with E-state index in [1.54, 1.807) is 0 Å². The van der Waals surface area contributed by atoms with Crippen LogP contribution in [0.4, 0.5) is 11.4 Å². The summed E-state index contributed by atoms with van der Waals surface area (Å²) in [6.45, 7) is 6.87. The van der Waals surface area contributed by atoms with Crippen molar-refractivity contribution in [3.63, 3.8) is 0 Å². The van der Waals surface area contributed by atoms with Crippen molar-refractivity contribution in [2.45, 2.75) is 26.7 Å². The molecule has 1 aliphatic rings. The van der Waals surface area contributed by atoms with E-state index >= 15 is 0 Å². The third kappa shape index (κ3) is 2.25. The zero-order valence-electron chi connectivity index (χ0n) is 9.66. The van der Waals surface area contributed by atoms with Crippen molar-refractivity contribution in [2.24, 2.45) is 5.92 Å². The van der Waals surface area contributed by atoms with Gasteiger partial charge in [0.25, 0.3) is 0 Å². The average molecular weight is 204 g/mol. The number of rotatable bonds is 3. The van der Waals surface area contributed by atoms with Crippen molar-refractivity contribution in [1.82, 2.24) is 0 Å². The Kier molecular flexibility index (Phi) is 2.85. The SMILES string of the molecule is CC(C)CCN1CCc2ccc(N)cc21. The molecule has 0 saturated carbocycles. The van der Waals surface area contributed by atoms with Crippen molar-refractivity contribution in [3.05, 3.63) is 23.8 Å². The second kappa shape index (κ2) is 4.13. The zero-order valence-corrected chi connectivity index (χ0v) is 9.66. The molecule has 0 atom stereocenters. The van der Waals surface area contributed by atoms with Gasteiger partial charge in [0.2, 0.25) is 0 Å². The first-order chi connectivity index (χ1) is 7.16. The molecule has 0 fully saturated rings. The molecule has 0 bridgehead atoms. The first-order valence-corrected chi connectivity index (χ1v) is 5.80. The van der Waals surface area contributed by atoms with Crippen LogP contribution in [-0.2, 0) is 6.42 Å². The summed E-state index contributed by atoms with van der Waals surface area (Å²) in [4.78, 5) is 2.46. The van der Waals surface area contributed by atoms with Crippen LogP contribution in [0.15, 0.2) is 18.2 Å². The van der Waals surface area contributed by atoms with E-state index in [-0.39, 0.29) is 0 Å². The Bertz CT molecular complexity index is 344. The molecule has 2 heteroatoms. The van der Waals surface area contributed by atoms with Gasteiger partial charge in [0, 0.05) is 24.5 Å². The molecule has 1 aromatic carbocycles. The topological polar surface area (TPSA) is 29.3 Å². The van der Waals surface area contributed by atoms with E-state index in [1.165, 1.54) is 24.1 Å². The second-order valence-electron chi connectivity index (χ2n) is 4.81. The van der Waals surface area contributed by atoms with Gasteiger partial charge in [-0.2, -0.15) is 0 Å². The Labute approximate surface area is 92.1 Å². The van der Waals surface area contributed by atoms with Crippen LogP contribution in [0.2, 0.25) is 0 Å². The Morgan fingerprint density at radius 3 is 2.93 bits per heavy atom. The number of benzene rings is 1. The molecule has 1 aliphatic heterocycles. The van der Waals surface area contributed by atoms with Gasteiger partial charge in [-0.3, -0.25) is 0 Å². The molecule has 1 aromatic rings. The van der Waals surface area contributed by atoms with E-state index in [0.29, 0.717) is 0 Å². The van der Waals surface area contributed by atoms with Crippen molar-refractivity contribution < 1.29 is 0 Å². The summed E-state index contributed by atoms with van der Waals surface area (Å²) in [6.07, 6.45) is 2.43. The molecular formula is C13H20N2. The zero-order chi connectivity index (χ0) is 10.8. The molecule has 15 heavy (non-hydrogen) atoms. The summed E-state index contributed by atoms with van der Waals surface area (Å²) in [7, 11) is 0. The average Bonchev–Trinajstić information content (AvgIpc) is 2.57. The van der Waals surface area contributed by atoms with Gasteiger partial charge in [0.15, 0.2) is 0 Å². The predicted molar refractivity (Wildman–Crippen MR) is 66.2 cm³/mol. The highest BCUT2D eigenvalue weighted by Gasteiger charge is 2.18. The fourth-order valence-electron chi connectivity index (χ4n) is 2.11. The van der Waals surface area contributed by atoms with Crippen molar-refractivity contribution >= 4 is 11.4 Å². The Morgan fingerprint density at radius 2 is 2.20 bits per heavy atom. The fourth-order valence-corrected chi connectivity index (χ4v) is 2.11. The lowest BCUT2D eigenvalue weighted by Gasteiger charge is -2.20. The maximum Gasteiger partial charge on any atom is 0.0420 e. The number of nitrogens with two attached hydrogens (primary N) is 1. The molecule has 2 rings (SSSR count).